The van der Waals surface area contributed by atoms with E-state index < -0.39 is 17.4 Å². The first kappa shape index (κ1) is 17.0. The number of carbonyl (C=O) groups is 2. The van der Waals surface area contributed by atoms with Crippen molar-refractivity contribution in [3.8, 4) is 0 Å². The molecule has 0 aromatic carbocycles. The molecule has 0 atom stereocenters. The second kappa shape index (κ2) is 8.29. The third-order valence-corrected chi connectivity index (χ3v) is 4.32. The van der Waals surface area contributed by atoms with Crippen molar-refractivity contribution >= 4 is 11.8 Å². The van der Waals surface area contributed by atoms with Crippen molar-refractivity contribution in [1.29, 1.82) is 0 Å². The van der Waals surface area contributed by atoms with Crippen molar-refractivity contribution in [2.45, 2.75) is 50.5 Å². The highest BCUT2D eigenvalue weighted by atomic mass is 16.5. The zero-order valence-corrected chi connectivity index (χ0v) is 13.0. The van der Waals surface area contributed by atoms with Gasteiger partial charge in [0, 0.05) is 39.1 Å². The Morgan fingerprint density at radius 2 is 1.91 bits per heavy atom. The molecular formula is C16H26N2O4. The molecule has 0 bridgehead atoms. The van der Waals surface area contributed by atoms with Crippen molar-refractivity contribution in [1.82, 2.24) is 10.6 Å². The van der Waals surface area contributed by atoms with Gasteiger partial charge in [-0.05, 0) is 32.1 Å². The SMILES string of the molecule is O=C(NCCC1=CCCCC1)C(=O)NCC1(O)CCOCC1. The van der Waals surface area contributed by atoms with Gasteiger partial charge in [-0.1, -0.05) is 11.6 Å². The fourth-order valence-corrected chi connectivity index (χ4v) is 2.80. The summed E-state index contributed by atoms with van der Waals surface area (Å²) in [5, 5.41) is 15.4. The smallest absolute Gasteiger partial charge is 0.309 e. The molecule has 1 fully saturated rings. The van der Waals surface area contributed by atoms with E-state index in [-0.39, 0.29) is 6.54 Å². The summed E-state index contributed by atoms with van der Waals surface area (Å²) in [6.45, 7) is 1.53. The third kappa shape index (κ3) is 5.42. The van der Waals surface area contributed by atoms with Crippen LogP contribution in [-0.2, 0) is 14.3 Å². The number of hydrogen-bond donors (Lipinski definition) is 3. The lowest BCUT2D eigenvalue weighted by Crippen LogP contribution is -2.50. The Morgan fingerprint density at radius 1 is 1.18 bits per heavy atom. The number of nitrogens with one attached hydrogen (secondary N) is 2. The monoisotopic (exact) mass is 310 g/mol. The number of ether oxygens (including phenoxy) is 1. The molecule has 124 valence electrons. The van der Waals surface area contributed by atoms with Gasteiger partial charge in [0.25, 0.3) is 0 Å². The number of hydrogen-bond acceptors (Lipinski definition) is 4. The maximum atomic E-state index is 11.7. The first-order valence-corrected chi connectivity index (χ1v) is 8.13. The third-order valence-electron chi connectivity index (χ3n) is 4.32. The predicted octanol–water partition coefficient (Wildman–Crippen LogP) is 0.651. The van der Waals surface area contributed by atoms with Crippen LogP contribution in [0.3, 0.4) is 0 Å². The summed E-state index contributed by atoms with van der Waals surface area (Å²) in [5.74, 6) is -1.32. The van der Waals surface area contributed by atoms with Crippen molar-refractivity contribution in [2.24, 2.45) is 0 Å². The Morgan fingerprint density at radius 3 is 2.59 bits per heavy atom. The van der Waals surface area contributed by atoms with Crippen LogP contribution >= 0.6 is 0 Å². The second-order valence-electron chi connectivity index (χ2n) is 6.13. The molecule has 2 amide bonds. The average molecular weight is 310 g/mol. The van der Waals surface area contributed by atoms with Crippen LogP contribution in [0, 0.1) is 0 Å². The van der Waals surface area contributed by atoms with Gasteiger partial charge in [-0.2, -0.15) is 0 Å². The molecule has 1 aliphatic heterocycles. The number of aliphatic hydroxyl groups is 1. The van der Waals surface area contributed by atoms with Crippen molar-refractivity contribution in [3.05, 3.63) is 11.6 Å². The van der Waals surface area contributed by atoms with E-state index in [2.05, 4.69) is 16.7 Å². The first-order valence-electron chi connectivity index (χ1n) is 8.13. The van der Waals surface area contributed by atoms with Gasteiger partial charge < -0.3 is 20.5 Å². The zero-order valence-electron chi connectivity index (χ0n) is 13.0. The Bertz CT molecular complexity index is 428. The molecule has 1 saturated heterocycles. The molecule has 6 nitrogen and oxygen atoms in total. The van der Waals surface area contributed by atoms with Gasteiger partial charge in [0.2, 0.25) is 0 Å². The van der Waals surface area contributed by atoms with Crippen molar-refractivity contribution in [2.75, 3.05) is 26.3 Å². The number of allylic oxidation sites excluding steroid dienone is 1. The van der Waals surface area contributed by atoms with E-state index in [1.165, 1.54) is 18.4 Å². The number of amides is 2. The van der Waals surface area contributed by atoms with E-state index in [0.29, 0.717) is 32.6 Å². The summed E-state index contributed by atoms with van der Waals surface area (Å²) in [6.07, 6.45) is 8.65. The predicted molar refractivity (Wildman–Crippen MR) is 82.2 cm³/mol. The van der Waals surface area contributed by atoms with E-state index in [1.54, 1.807) is 0 Å². The molecule has 22 heavy (non-hydrogen) atoms. The van der Waals surface area contributed by atoms with Crippen LogP contribution in [0.4, 0.5) is 0 Å². The topological polar surface area (TPSA) is 87.7 Å². The Balaban J connectivity index is 1.64. The minimum Gasteiger partial charge on any atom is -0.388 e. The van der Waals surface area contributed by atoms with Gasteiger partial charge in [0.15, 0.2) is 0 Å². The lowest BCUT2D eigenvalue weighted by Gasteiger charge is -2.31. The lowest BCUT2D eigenvalue weighted by molar-refractivity contribution is -0.140. The fourth-order valence-electron chi connectivity index (χ4n) is 2.80. The largest absolute Gasteiger partial charge is 0.388 e. The lowest BCUT2D eigenvalue weighted by atomic mass is 9.94. The van der Waals surface area contributed by atoms with E-state index in [1.807, 2.05) is 0 Å². The first-order chi connectivity index (χ1) is 10.6. The van der Waals surface area contributed by atoms with Crippen LogP contribution in [0.5, 0.6) is 0 Å². The normalized spacial score (nSPS) is 20.9. The molecule has 0 saturated carbocycles. The van der Waals surface area contributed by atoms with Crippen LogP contribution in [0.1, 0.15) is 44.9 Å². The Hall–Kier alpha value is -1.40. The van der Waals surface area contributed by atoms with E-state index in [9.17, 15) is 14.7 Å². The van der Waals surface area contributed by atoms with Crippen LogP contribution in [0.25, 0.3) is 0 Å². The molecule has 2 aliphatic rings. The number of rotatable bonds is 5. The molecule has 0 aromatic heterocycles. The molecule has 0 radical (unpaired) electrons. The zero-order chi connectivity index (χ0) is 15.8. The van der Waals surface area contributed by atoms with E-state index in [0.717, 1.165) is 19.3 Å². The molecule has 6 heteroatoms. The van der Waals surface area contributed by atoms with Crippen molar-refractivity contribution in [3.63, 3.8) is 0 Å². The summed E-state index contributed by atoms with van der Waals surface area (Å²) in [7, 11) is 0. The molecule has 0 aromatic rings. The molecule has 0 unspecified atom stereocenters. The van der Waals surface area contributed by atoms with Gasteiger partial charge in [0.1, 0.15) is 0 Å². The minimum absolute atomic E-state index is 0.0910. The molecule has 0 spiro atoms. The highest BCUT2D eigenvalue weighted by molar-refractivity contribution is 6.35. The quantitative estimate of drug-likeness (QED) is 0.514. The average Bonchev–Trinajstić information content (AvgIpc) is 2.54. The maximum Gasteiger partial charge on any atom is 0.309 e. The summed E-state index contributed by atoms with van der Waals surface area (Å²) in [5.41, 5.74) is 0.407. The van der Waals surface area contributed by atoms with Crippen LogP contribution in [-0.4, -0.2) is 48.8 Å². The van der Waals surface area contributed by atoms with Gasteiger partial charge in [0.05, 0.1) is 5.60 Å². The fraction of sp³-hybridized carbons (Fsp3) is 0.750. The highest BCUT2D eigenvalue weighted by Crippen LogP contribution is 2.20. The highest BCUT2D eigenvalue weighted by Gasteiger charge is 2.30. The molecule has 2 rings (SSSR count). The van der Waals surface area contributed by atoms with E-state index >= 15 is 0 Å². The summed E-state index contributed by atoms with van der Waals surface area (Å²) in [4.78, 5) is 23.4. The number of carbonyl (C=O) groups excluding carboxylic acids is 2. The summed E-state index contributed by atoms with van der Waals surface area (Å²) in [6, 6.07) is 0. The van der Waals surface area contributed by atoms with Crippen molar-refractivity contribution < 1.29 is 19.4 Å². The summed E-state index contributed by atoms with van der Waals surface area (Å²) < 4.78 is 5.17. The van der Waals surface area contributed by atoms with Gasteiger partial charge >= 0.3 is 11.8 Å². The van der Waals surface area contributed by atoms with E-state index in [4.69, 9.17) is 4.74 Å². The van der Waals surface area contributed by atoms with Crippen LogP contribution in [0.15, 0.2) is 11.6 Å². The molecule has 3 N–H and O–H groups in total. The molecule has 1 heterocycles. The summed E-state index contributed by atoms with van der Waals surface area (Å²) >= 11 is 0. The molecular weight excluding hydrogens is 284 g/mol. The van der Waals surface area contributed by atoms with Gasteiger partial charge in [-0.15, -0.1) is 0 Å². The van der Waals surface area contributed by atoms with Gasteiger partial charge in [-0.3, -0.25) is 9.59 Å². The standard InChI is InChI=1S/C16H26N2O4/c19-14(17-9-6-13-4-2-1-3-5-13)15(20)18-12-16(21)7-10-22-11-8-16/h4,21H,1-3,5-12H2,(H,17,19)(H,18,20). The van der Waals surface area contributed by atoms with Crippen LogP contribution < -0.4 is 10.6 Å². The Labute approximate surface area is 131 Å². The molecule has 1 aliphatic carbocycles. The maximum absolute atomic E-state index is 11.7. The van der Waals surface area contributed by atoms with Crippen LogP contribution in [0.2, 0.25) is 0 Å². The second-order valence-corrected chi connectivity index (χ2v) is 6.13. The minimum atomic E-state index is -0.957. The Kier molecular flexibility index (Phi) is 6.39. The van der Waals surface area contributed by atoms with Gasteiger partial charge in [-0.25, -0.2) is 0 Å².